The highest BCUT2D eigenvalue weighted by Gasteiger charge is 2.21. The lowest BCUT2D eigenvalue weighted by Crippen LogP contribution is -2.30. The van der Waals surface area contributed by atoms with Crippen molar-refractivity contribution in [3.8, 4) is 0 Å². The molecule has 0 unspecified atom stereocenters. The number of rotatable bonds is 6. The molecule has 0 N–H and O–H groups in total. The third-order valence-electron chi connectivity index (χ3n) is 3.10. The zero-order valence-corrected chi connectivity index (χ0v) is 10.2. The van der Waals surface area contributed by atoms with Crippen LogP contribution in [-0.2, 0) is 14.3 Å². The molecular weight excluding hydrogens is 206 g/mol. The van der Waals surface area contributed by atoms with E-state index in [2.05, 4.69) is 0 Å². The highest BCUT2D eigenvalue weighted by atomic mass is 16.5. The van der Waals surface area contributed by atoms with Gasteiger partial charge in [0.25, 0.3) is 0 Å². The Labute approximate surface area is 96.9 Å². The van der Waals surface area contributed by atoms with E-state index >= 15 is 0 Å². The van der Waals surface area contributed by atoms with Gasteiger partial charge in [-0.1, -0.05) is 13.8 Å². The lowest BCUT2D eigenvalue weighted by molar-refractivity contribution is -0.150. The number of ether oxygens (including phenoxy) is 1. The summed E-state index contributed by atoms with van der Waals surface area (Å²) in [4.78, 5) is 24.6. The predicted molar refractivity (Wildman–Crippen MR) is 60.8 cm³/mol. The van der Waals surface area contributed by atoms with Gasteiger partial charge in [0.15, 0.2) is 0 Å². The number of nitrogens with zero attached hydrogens (tertiary/aromatic N) is 1. The zero-order chi connectivity index (χ0) is 12.0. The maximum absolute atomic E-state index is 11.5. The van der Waals surface area contributed by atoms with Crippen molar-refractivity contribution in [3.05, 3.63) is 0 Å². The van der Waals surface area contributed by atoms with Crippen molar-refractivity contribution in [1.29, 1.82) is 0 Å². The normalized spacial score (nSPS) is 15.9. The number of esters is 1. The summed E-state index contributed by atoms with van der Waals surface area (Å²) in [6.07, 6.45) is 3.20. The second kappa shape index (κ2) is 6.51. The molecule has 0 atom stereocenters. The number of amides is 1. The van der Waals surface area contributed by atoms with Gasteiger partial charge in [0.2, 0.25) is 5.91 Å². The number of hydrogen-bond donors (Lipinski definition) is 0. The fourth-order valence-electron chi connectivity index (χ4n) is 1.94. The van der Waals surface area contributed by atoms with Crippen LogP contribution in [0.1, 0.15) is 39.5 Å². The van der Waals surface area contributed by atoms with Gasteiger partial charge in [-0.3, -0.25) is 9.59 Å². The Morgan fingerprint density at radius 3 is 2.62 bits per heavy atom. The quantitative estimate of drug-likeness (QED) is 0.647. The minimum atomic E-state index is -0.128. The Balaban J connectivity index is 2.19. The molecule has 0 aliphatic carbocycles. The molecule has 1 saturated heterocycles. The summed E-state index contributed by atoms with van der Waals surface area (Å²) < 4.78 is 5.16. The van der Waals surface area contributed by atoms with E-state index in [0.717, 1.165) is 25.8 Å². The lowest BCUT2D eigenvalue weighted by Gasteiger charge is -2.17. The second-order valence-corrected chi connectivity index (χ2v) is 4.17. The van der Waals surface area contributed by atoms with Crippen molar-refractivity contribution < 1.29 is 14.3 Å². The Hall–Kier alpha value is -1.06. The van der Waals surface area contributed by atoms with Crippen LogP contribution in [0, 0.1) is 5.92 Å². The van der Waals surface area contributed by atoms with Crippen molar-refractivity contribution >= 4 is 11.9 Å². The second-order valence-electron chi connectivity index (χ2n) is 4.17. The highest BCUT2D eigenvalue weighted by molar-refractivity contribution is 5.78. The molecule has 92 valence electrons. The first-order valence-electron chi connectivity index (χ1n) is 6.13. The van der Waals surface area contributed by atoms with E-state index in [1.54, 1.807) is 4.90 Å². The fraction of sp³-hybridized carbons (Fsp3) is 0.833. The fourth-order valence-corrected chi connectivity index (χ4v) is 1.94. The summed E-state index contributed by atoms with van der Waals surface area (Å²) in [7, 11) is 0. The number of likely N-dealkylation sites (tertiary alicyclic amines) is 1. The molecule has 0 saturated carbocycles. The number of carbonyl (C=O) groups is 2. The lowest BCUT2D eigenvalue weighted by atomic mass is 10.0. The SMILES string of the molecule is CCC(CC)C(=O)OCCN1CCCC1=O. The Morgan fingerprint density at radius 2 is 2.12 bits per heavy atom. The van der Waals surface area contributed by atoms with Crippen LogP contribution >= 0.6 is 0 Å². The van der Waals surface area contributed by atoms with E-state index in [1.807, 2.05) is 13.8 Å². The topological polar surface area (TPSA) is 46.6 Å². The first-order chi connectivity index (χ1) is 7.69. The Bertz CT molecular complexity index is 249. The van der Waals surface area contributed by atoms with Gasteiger partial charge in [0.1, 0.15) is 6.61 Å². The van der Waals surface area contributed by atoms with Crippen LogP contribution in [0.15, 0.2) is 0 Å². The van der Waals surface area contributed by atoms with Crippen molar-refractivity contribution in [2.24, 2.45) is 5.92 Å². The van der Waals surface area contributed by atoms with E-state index in [0.29, 0.717) is 19.6 Å². The molecule has 0 bridgehead atoms. The molecule has 1 rings (SSSR count). The van der Waals surface area contributed by atoms with Crippen molar-refractivity contribution in [1.82, 2.24) is 4.90 Å². The van der Waals surface area contributed by atoms with Gasteiger partial charge in [-0.15, -0.1) is 0 Å². The zero-order valence-electron chi connectivity index (χ0n) is 10.2. The van der Waals surface area contributed by atoms with Crippen LogP contribution in [0.25, 0.3) is 0 Å². The average molecular weight is 227 g/mol. The van der Waals surface area contributed by atoms with Crippen LogP contribution in [0.3, 0.4) is 0 Å². The Kier molecular flexibility index (Phi) is 5.29. The standard InChI is InChI=1S/C12H21NO3/c1-3-10(4-2)12(15)16-9-8-13-7-5-6-11(13)14/h10H,3-9H2,1-2H3. The van der Waals surface area contributed by atoms with Crippen LogP contribution in [0.2, 0.25) is 0 Å². The molecule has 0 spiro atoms. The summed E-state index contributed by atoms with van der Waals surface area (Å²) in [6, 6.07) is 0. The molecular formula is C12H21NO3. The van der Waals surface area contributed by atoms with Crippen LogP contribution in [-0.4, -0.2) is 36.5 Å². The van der Waals surface area contributed by atoms with Gasteiger partial charge in [0.05, 0.1) is 12.5 Å². The molecule has 1 fully saturated rings. The average Bonchev–Trinajstić information content (AvgIpc) is 2.66. The van der Waals surface area contributed by atoms with Gasteiger partial charge in [-0.05, 0) is 19.3 Å². The molecule has 1 aliphatic rings. The molecule has 1 aliphatic heterocycles. The number of hydrogen-bond acceptors (Lipinski definition) is 3. The van der Waals surface area contributed by atoms with Crippen molar-refractivity contribution in [2.75, 3.05) is 19.7 Å². The van der Waals surface area contributed by atoms with E-state index in [4.69, 9.17) is 4.74 Å². The van der Waals surface area contributed by atoms with Crippen LogP contribution < -0.4 is 0 Å². The van der Waals surface area contributed by atoms with E-state index < -0.39 is 0 Å². The molecule has 16 heavy (non-hydrogen) atoms. The largest absolute Gasteiger partial charge is 0.464 e. The first-order valence-corrected chi connectivity index (χ1v) is 6.13. The van der Waals surface area contributed by atoms with Crippen molar-refractivity contribution in [2.45, 2.75) is 39.5 Å². The van der Waals surface area contributed by atoms with E-state index in [1.165, 1.54) is 0 Å². The van der Waals surface area contributed by atoms with Gasteiger partial charge in [-0.2, -0.15) is 0 Å². The molecule has 1 amide bonds. The minimum Gasteiger partial charge on any atom is -0.464 e. The van der Waals surface area contributed by atoms with Gasteiger partial charge >= 0.3 is 5.97 Å². The Morgan fingerprint density at radius 1 is 1.44 bits per heavy atom. The monoisotopic (exact) mass is 227 g/mol. The van der Waals surface area contributed by atoms with Crippen LogP contribution in [0.4, 0.5) is 0 Å². The first kappa shape index (κ1) is 13.0. The molecule has 0 radical (unpaired) electrons. The molecule has 0 aromatic carbocycles. The summed E-state index contributed by atoms with van der Waals surface area (Å²) in [5.41, 5.74) is 0. The van der Waals surface area contributed by atoms with Gasteiger partial charge in [-0.25, -0.2) is 0 Å². The summed E-state index contributed by atoms with van der Waals surface area (Å²) in [5.74, 6) is 0.0597. The van der Waals surface area contributed by atoms with Gasteiger partial charge < -0.3 is 9.64 Å². The summed E-state index contributed by atoms with van der Waals surface area (Å²) in [5, 5.41) is 0. The molecule has 0 aromatic heterocycles. The van der Waals surface area contributed by atoms with E-state index in [9.17, 15) is 9.59 Å². The molecule has 4 nitrogen and oxygen atoms in total. The third-order valence-corrected chi connectivity index (χ3v) is 3.10. The smallest absolute Gasteiger partial charge is 0.308 e. The number of carbonyl (C=O) groups excluding carboxylic acids is 2. The third kappa shape index (κ3) is 3.51. The summed E-state index contributed by atoms with van der Waals surface area (Å²) >= 11 is 0. The van der Waals surface area contributed by atoms with Gasteiger partial charge in [0, 0.05) is 13.0 Å². The maximum Gasteiger partial charge on any atom is 0.308 e. The predicted octanol–water partition coefficient (Wildman–Crippen LogP) is 1.59. The highest BCUT2D eigenvalue weighted by Crippen LogP contribution is 2.11. The molecule has 1 heterocycles. The molecule has 4 heteroatoms. The maximum atomic E-state index is 11.5. The minimum absolute atomic E-state index is 0.00859. The summed E-state index contributed by atoms with van der Waals surface area (Å²) in [6.45, 7) is 5.66. The van der Waals surface area contributed by atoms with Crippen LogP contribution in [0.5, 0.6) is 0 Å². The molecule has 0 aromatic rings. The van der Waals surface area contributed by atoms with Crippen molar-refractivity contribution in [3.63, 3.8) is 0 Å². The van der Waals surface area contributed by atoms with E-state index in [-0.39, 0.29) is 17.8 Å².